The van der Waals surface area contributed by atoms with E-state index in [1.807, 2.05) is 36.2 Å². The first-order valence-corrected chi connectivity index (χ1v) is 5.30. The van der Waals surface area contributed by atoms with Crippen LogP contribution in [0.1, 0.15) is 17.5 Å². The van der Waals surface area contributed by atoms with Crippen LogP contribution in [0.2, 0.25) is 0 Å². The van der Waals surface area contributed by atoms with Crippen molar-refractivity contribution < 1.29 is 9.90 Å². The molecular formula is C12H18N2O2. The molecule has 16 heavy (non-hydrogen) atoms. The second-order valence-electron chi connectivity index (χ2n) is 3.85. The lowest BCUT2D eigenvalue weighted by Gasteiger charge is -2.17. The standard InChI is InChI=1S/C12H18N2O2/c1-14(7-6-12(15)16)9-11-5-3-2-4-10(11)8-13/h2-5H,6-9,13H2,1H3,(H,15,16). The molecule has 4 nitrogen and oxygen atoms in total. The molecule has 0 aromatic heterocycles. The van der Waals surface area contributed by atoms with E-state index in [1.54, 1.807) is 0 Å². The van der Waals surface area contributed by atoms with E-state index in [0.717, 1.165) is 17.7 Å². The minimum atomic E-state index is -0.765. The number of rotatable bonds is 6. The van der Waals surface area contributed by atoms with E-state index in [2.05, 4.69) is 0 Å². The van der Waals surface area contributed by atoms with Crippen molar-refractivity contribution in [1.82, 2.24) is 4.90 Å². The summed E-state index contributed by atoms with van der Waals surface area (Å²) in [5, 5.41) is 8.58. The van der Waals surface area contributed by atoms with Crippen molar-refractivity contribution in [1.29, 1.82) is 0 Å². The van der Waals surface area contributed by atoms with Crippen LogP contribution in [0.3, 0.4) is 0 Å². The van der Waals surface area contributed by atoms with Crippen LogP contribution in [-0.4, -0.2) is 29.6 Å². The Hall–Kier alpha value is -1.39. The summed E-state index contributed by atoms with van der Waals surface area (Å²) in [5.74, 6) is -0.765. The molecule has 0 bridgehead atoms. The smallest absolute Gasteiger partial charge is 0.304 e. The van der Waals surface area contributed by atoms with Gasteiger partial charge in [0.1, 0.15) is 0 Å². The number of nitrogens with zero attached hydrogens (tertiary/aromatic N) is 1. The van der Waals surface area contributed by atoms with E-state index in [9.17, 15) is 4.79 Å². The highest BCUT2D eigenvalue weighted by Gasteiger charge is 2.05. The number of carboxylic acids is 1. The van der Waals surface area contributed by atoms with Crippen molar-refractivity contribution in [2.75, 3.05) is 13.6 Å². The van der Waals surface area contributed by atoms with Gasteiger partial charge in [-0.3, -0.25) is 4.79 Å². The summed E-state index contributed by atoms with van der Waals surface area (Å²) in [7, 11) is 1.91. The van der Waals surface area contributed by atoms with E-state index < -0.39 is 5.97 Å². The molecule has 0 fully saturated rings. The van der Waals surface area contributed by atoms with Gasteiger partial charge in [0.15, 0.2) is 0 Å². The molecule has 0 aliphatic heterocycles. The molecule has 0 heterocycles. The van der Waals surface area contributed by atoms with Gasteiger partial charge in [-0.25, -0.2) is 0 Å². The third-order valence-corrected chi connectivity index (χ3v) is 2.49. The van der Waals surface area contributed by atoms with E-state index in [0.29, 0.717) is 13.1 Å². The lowest BCUT2D eigenvalue weighted by atomic mass is 10.1. The zero-order valence-corrected chi connectivity index (χ0v) is 9.52. The maximum Gasteiger partial charge on any atom is 0.304 e. The van der Waals surface area contributed by atoms with Crippen molar-refractivity contribution in [3.05, 3.63) is 35.4 Å². The molecule has 0 atom stereocenters. The number of carboxylic acid groups (broad SMARTS) is 1. The first kappa shape index (κ1) is 12.7. The van der Waals surface area contributed by atoms with E-state index in [-0.39, 0.29) is 6.42 Å². The highest BCUT2D eigenvalue weighted by molar-refractivity contribution is 5.66. The first-order chi connectivity index (χ1) is 7.63. The number of carbonyl (C=O) groups is 1. The molecule has 0 unspecified atom stereocenters. The zero-order chi connectivity index (χ0) is 12.0. The number of hydrogen-bond acceptors (Lipinski definition) is 3. The fourth-order valence-corrected chi connectivity index (χ4v) is 1.57. The van der Waals surface area contributed by atoms with Crippen LogP contribution < -0.4 is 5.73 Å². The predicted octanol–water partition coefficient (Wildman–Crippen LogP) is 1.05. The van der Waals surface area contributed by atoms with E-state index in [4.69, 9.17) is 10.8 Å². The molecule has 3 N–H and O–H groups in total. The number of nitrogens with two attached hydrogens (primary N) is 1. The Morgan fingerprint density at radius 3 is 2.56 bits per heavy atom. The number of aliphatic carboxylic acids is 1. The first-order valence-electron chi connectivity index (χ1n) is 5.30. The molecule has 0 saturated carbocycles. The maximum atomic E-state index is 10.4. The highest BCUT2D eigenvalue weighted by atomic mass is 16.4. The van der Waals surface area contributed by atoms with Crippen LogP contribution >= 0.6 is 0 Å². The largest absolute Gasteiger partial charge is 0.481 e. The maximum absolute atomic E-state index is 10.4. The lowest BCUT2D eigenvalue weighted by Crippen LogP contribution is -2.22. The molecule has 1 aromatic rings. The van der Waals surface area contributed by atoms with Crippen LogP contribution in [0.5, 0.6) is 0 Å². The summed E-state index contributed by atoms with van der Waals surface area (Å²) < 4.78 is 0. The number of hydrogen-bond donors (Lipinski definition) is 2. The fraction of sp³-hybridized carbons (Fsp3) is 0.417. The average Bonchev–Trinajstić information content (AvgIpc) is 2.27. The van der Waals surface area contributed by atoms with Crippen LogP contribution in [0, 0.1) is 0 Å². The third-order valence-electron chi connectivity index (χ3n) is 2.49. The summed E-state index contributed by atoms with van der Waals surface area (Å²) in [4.78, 5) is 12.4. The molecular weight excluding hydrogens is 204 g/mol. The number of benzene rings is 1. The molecule has 1 aromatic carbocycles. The Labute approximate surface area is 95.7 Å². The Morgan fingerprint density at radius 1 is 1.38 bits per heavy atom. The molecule has 0 aliphatic rings. The van der Waals surface area contributed by atoms with Gasteiger partial charge in [-0.15, -0.1) is 0 Å². The van der Waals surface area contributed by atoms with Gasteiger partial charge in [0, 0.05) is 19.6 Å². The van der Waals surface area contributed by atoms with Crippen molar-refractivity contribution in [3.63, 3.8) is 0 Å². The summed E-state index contributed by atoms with van der Waals surface area (Å²) in [6, 6.07) is 7.96. The van der Waals surface area contributed by atoms with Gasteiger partial charge in [0.25, 0.3) is 0 Å². The summed E-state index contributed by atoms with van der Waals surface area (Å²) in [6.45, 7) is 1.80. The Bertz CT molecular complexity index is 353. The topological polar surface area (TPSA) is 66.6 Å². The van der Waals surface area contributed by atoms with Crippen molar-refractivity contribution in [3.8, 4) is 0 Å². The Morgan fingerprint density at radius 2 is 2.00 bits per heavy atom. The van der Waals surface area contributed by atoms with E-state index in [1.165, 1.54) is 0 Å². The Balaban J connectivity index is 2.55. The Kier molecular flexibility index (Phi) is 4.95. The van der Waals surface area contributed by atoms with Gasteiger partial charge >= 0.3 is 5.97 Å². The SMILES string of the molecule is CN(CCC(=O)O)Cc1ccccc1CN. The van der Waals surface area contributed by atoms with Gasteiger partial charge in [-0.1, -0.05) is 24.3 Å². The second kappa shape index (κ2) is 6.25. The van der Waals surface area contributed by atoms with Gasteiger partial charge in [-0.05, 0) is 18.2 Å². The molecule has 4 heteroatoms. The van der Waals surface area contributed by atoms with Crippen LogP contribution in [0.15, 0.2) is 24.3 Å². The molecule has 0 saturated heterocycles. The molecule has 88 valence electrons. The van der Waals surface area contributed by atoms with E-state index >= 15 is 0 Å². The van der Waals surface area contributed by atoms with Crippen molar-refractivity contribution in [2.45, 2.75) is 19.5 Å². The monoisotopic (exact) mass is 222 g/mol. The summed E-state index contributed by atoms with van der Waals surface area (Å²) >= 11 is 0. The second-order valence-corrected chi connectivity index (χ2v) is 3.85. The zero-order valence-electron chi connectivity index (χ0n) is 9.52. The molecule has 0 spiro atoms. The summed E-state index contributed by atoms with van der Waals surface area (Å²) in [5.41, 5.74) is 7.92. The quantitative estimate of drug-likeness (QED) is 0.755. The fourth-order valence-electron chi connectivity index (χ4n) is 1.57. The molecule has 0 amide bonds. The molecule has 0 aliphatic carbocycles. The highest BCUT2D eigenvalue weighted by Crippen LogP contribution is 2.10. The average molecular weight is 222 g/mol. The normalized spacial score (nSPS) is 10.7. The van der Waals surface area contributed by atoms with Gasteiger partial charge in [-0.2, -0.15) is 0 Å². The van der Waals surface area contributed by atoms with Gasteiger partial charge < -0.3 is 15.7 Å². The molecule has 1 rings (SSSR count). The van der Waals surface area contributed by atoms with Crippen LogP contribution in [-0.2, 0) is 17.9 Å². The van der Waals surface area contributed by atoms with Crippen molar-refractivity contribution >= 4 is 5.97 Å². The third kappa shape index (κ3) is 4.00. The van der Waals surface area contributed by atoms with Crippen LogP contribution in [0.4, 0.5) is 0 Å². The minimum Gasteiger partial charge on any atom is -0.481 e. The minimum absolute atomic E-state index is 0.168. The van der Waals surface area contributed by atoms with Crippen LogP contribution in [0.25, 0.3) is 0 Å². The summed E-state index contributed by atoms with van der Waals surface area (Å²) in [6.07, 6.45) is 0.168. The van der Waals surface area contributed by atoms with Gasteiger partial charge in [0.2, 0.25) is 0 Å². The predicted molar refractivity (Wildman–Crippen MR) is 62.9 cm³/mol. The van der Waals surface area contributed by atoms with Crippen molar-refractivity contribution in [2.24, 2.45) is 5.73 Å². The van der Waals surface area contributed by atoms with Gasteiger partial charge in [0.05, 0.1) is 6.42 Å². The molecule has 0 radical (unpaired) electrons. The lowest BCUT2D eigenvalue weighted by molar-refractivity contribution is -0.137.